The van der Waals surface area contributed by atoms with E-state index in [1.165, 1.54) is 31.0 Å². The molecule has 0 aliphatic carbocycles. The predicted molar refractivity (Wildman–Crippen MR) is 75.9 cm³/mol. The number of nitrogens with one attached hydrogen (secondary N) is 1. The van der Waals surface area contributed by atoms with Crippen molar-refractivity contribution in [2.24, 2.45) is 0 Å². The highest BCUT2D eigenvalue weighted by Gasteiger charge is 2.36. The quantitative estimate of drug-likeness (QED) is 0.810. The average molecular weight is 277 g/mol. The summed E-state index contributed by atoms with van der Waals surface area (Å²) in [5.41, 5.74) is 6.27. The van der Waals surface area contributed by atoms with Crippen LogP contribution in [0.15, 0.2) is 18.2 Å². The summed E-state index contributed by atoms with van der Waals surface area (Å²) in [6.07, 6.45) is 4.61. The van der Waals surface area contributed by atoms with Gasteiger partial charge in [0.2, 0.25) is 0 Å². The Bertz CT molecular complexity index is 520. The zero-order chi connectivity index (χ0) is 14.1. The summed E-state index contributed by atoms with van der Waals surface area (Å²) < 4.78 is 13.0. The zero-order valence-electron chi connectivity index (χ0n) is 11.4. The summed E-state index contributed by atoms with van der Waals surface area (Å²) in [6.45, 7) is 2.18. The van der Waals surface area contributed by atoms with Crippen LogP contribution in [0.25, 0.3) is 0 Å². The maximum atomic E-state index is 13.0. The maximum absolute atomic E-state index is 13.0. The van der Waals surface area contributed by atoms with Crippen LogP contribution in [0, 0.1) is 5.82 Å². The average Bonchev–Trinajstić information content (AvgIpc) is 2.82. The molecule has 1 aromatic carbocycles. The number of carbonyl (C=O) groups is 1. The Morgan fingerprint density at radius 3 is 2.95 bits per heavy atom. The lowest BCUT2D eigenvalue weighted by molar-refractivity contribution is 0.0916. The third-order valence-corrected chi connectivity index (χ3v) is 4.43. The Morgan fingerprint density at radius 2 is 2.15 bits per heavy atom. The second kappa shape index (κ2) is 5.40. The molecular weight excluding hydrogens is 257 g/mol. The van der Waals surface area contributed by atoms with E-state index in [1.54, 1.807) is 0 Å². The Balaban J connectivity index is 1.69. The van der Waals surface area contributed by atoms with Crippen LogP contribution in [-0.4, -0.2) is 36.0 Å². The molecule has 0 spiro atoms. The number of anilines is 1. The van der Waals surface area contributed by atoms with Gasteiger partial charge in [0.1, 0.15) is 5.82 Å². The smallest absolute Gasteiger partial charge is 0.253 e. The van der Waals surface area contributed by atoms with Gasteiger partial charge in [-0.15, -0.1) is 0 Å². The summed E-state index contributed by atoms with van der Waals surface area (Å²) in [4.78, 5) is 14.7. The molecule has 2 aliphatic heterocycles. The molecule has 108 valence electrons. The second-order valence-electron chi connectivity index (χ2n) is 5.70. The highest BCUT2D eigenvalue weighted by atomic mass is 19.1. The molecule has 1 amide bonds. The van der Waals surface area contributed by atoms with Gasteiger partial charge in [-0.2, -0.15) is 0 Å². The number of fused-ring (bicyclic) bond motifs is 1. The van der Waals surface area contributed by atoms with Crippen molar-refractivity contribution in [3.05, 3.63) is 29.6 Å². The van der Waals surface area contributed by atoms with Crippen LogP contribution in [-0.2, 0) is 0 Å². The van der Waals surface area contributed by atoms with Crippen molar-refractivity contribution in [3.8, 4) is 0 Å². The first-order valence-electron chi connectivity index (χ1n) is 7.25. The lowest BCUT2D eigenvalue weighted by Gasteiger charge is -2.32. The van der Waals surface area contributed by atoms with Gasteiger partial charge in [-0.3, -0.25) is 9.69 Å². The van der Waals surface area contributed by atoms with E-state index < -0.39 is 5.82 Å². The van der Waals surface area contributed by atoms with Crippen molar-refractivity contribution >= 4 is 11.6 Å². The molecule has 2 heterocycles. The molecule has 20 heavy (non-hydrogen) atoms. The predicted octanol–water partition coefficient (Wildman–Crippen LogP) is 1.76. The minimum absolute atomic E-state index is 0.187. The first-order chi connectivity index (χ1) is 9.65. The third-order valence-electron chi connectivity index (χ3n) is 4.43. The molecule has 2 fully saturated rings. The van der Waals surface area contributed by atoms with Gasteiger partial charge >= 0.3 is 0 Å². The SMILES string of the molecule is Nc1cc(F)ccc1C(=O)NC1CCN2CCCCC12. The van der Waals surface area contributed by atoms with Gasteiger partial charge in [-0.1, -0.05) is 6.42 Å². The molecule has 2 aliphatic rings. The van der Waals surface area contributed by atoms with E-state index >= 15 is 0 Å². The normalized spacial score (nSPS) is 26.2. The topological polar surface area (TPSA) is 58.4 Å². The van der Waals surface area contributed by atoms with Gasteiger partial charge in [0.15, 0.2) is 0 Å². The van der Waals surface area contributed by atoms with Gasteiger partial charge in [-0.25, -0.2) is 4.39 Å². The number of benzene rings is 1. The molecule has 0 aromatic heterocycles. The Kier molecular flexibility index (Phi) is 3.61. The number of rotatable bonds is 2. The molecule has 0 radical (unpaired) electrons. The molecule has 0 bridgehead atoms. The number of hydrogen-bond acceptors (Lipinski definition) is 3. The van der Waals surface area contributed by atoms with Crippen LogP contribution in [0.4, 0.5) is 10.1 Å². The lowest BCUT2D eigenvalue weighted by atomic mass is 9.98. The molecule has 2 saturated heterocycles. The molecule has 4 nitrogen and oxygen atoms in total. The van der Waals surface area contributed by atoms with Gasteiger partial charge < -0.3 is 11.1 Å². The van der Waals surface area contributed by atoms with E-state index in [0.29, 0.717) is 11.6 Å². The number of nitrogens with two attached hydrogens (primary N) is 1. The van der Waals surface area contributed by atoms with Crippen LogP contribution in [0.3, 0.4) is 0 Å². The van der Waals surface area contributed by atoms with Crippen LogP contribution in [0.5, 0.6) is 0 Å². The fourth-order valence-electron chi connectivity index (χ4n) is 3.40. The molecular formula is C15H20FN3O. The monoisotopic (exact) mass is 277 g/mol. The number of hydrogen-bond donors (Lipinski definition) is 2. The molecule has 5 heteroatoms. The summed E-state index contributed by atoms with van der Waals surface area (Å²) in [6, 6.07) is 4.55. The number of amides is 1. The highest BCUT2D eigenvalue weighted by molar-refractivity contribution is 5.99. The van der Waals surface area contributed by atoms with Crippen LogP contribution in [0.1, 0.15) is 36.0 Å². The van der Waals surface area contributed by atoms with E-state index in [2.05, 4.69) is 10.2 Å². The van der Waals surface area contributed by atoms with Crippen LogP contribution in [0.2, 0.25) is 0 Å². The van der Waals surface area contributed by atoms with E-state index in [4.69, 9.17) is 5.73 Å². The number of nitrogen functional groups attached to an aromatic ring is 1. The Labute approximate surface area is 118 Å². The standard InChI is InChI=1S/C15H20FN3O/c16-10-4-5-11(12(17)9-10)15(20)18-13-6-8-19-7-2-1-3-14(13)19/h4-5,9,13-14H,1-3,6-8,17H2,(H,18,20). The molecule has 2 atom stereocenters. The Hall–Kier alpha value is -1.62. The van der Waals surface area contributed by atoms with E-state index in [0.717, 1.165) is 25.9 Å². The molecule has 2 unspecified atom stereocenters. The van der Waals surface area contributed by atoms with E-state index in [1.807, 2.05) is 0 Å². The second-order valence-corrected chi connectivity index (χ2v) is 5.70. The first kappa shape index (κ1) is 13.4. The highest BCUT2D eigenvalue weighted by Crippen LogP contribution is 2.27. The fourth-order valence-corrected chi connectivity index (χ4v) is 3.40. The summed E-state index contributed by atoms with van der Waals surface area (Å²) in [5.74, 6) is -0.613. The van der Waals surface area contributed by atoms with Crippen molar-refractivity contribution in [1.29, 1.82) is 0 Å². The molecule has 0 saturated carbocycles. The number of carbonyl (C=O) groups excluding carboxylic acids is 1. The fraction of sp³-hybridized carbons (Fsp3) is 0.533. The first-order valence-corrected chi connectivity index (χ1v) is 7.25. The van der Waals surface area contributed by atoms with Crippen molar-refractivity contribution in [1.82, 2.24) is 10.2 Å². The molecule has 1 aromatic rings. The third kappa shape index (κ3) is 2.50. The van der Waals surface area contributed by atoms with E-state index in [9.17, 15) is 9.18 Å². The number of nitrogens with zero attached hydrogens (tertiary/aromatic N) is 1. The van der Waals surface area contributed by atoms with Crippen LogP contribution < -0.4 is 11.1 Å². The van der Waals surface area contributed by atoms with Crippen LogP contribution >= 0.6 is 0 Å². The zero-order valence-corrected chi connectivity index (χ0v) is 11.4. The summed E-state index contributed by atoms with van der Waals surface area (Å²) >= 11 is 0. The van der Waals surface area contributed by atoms with Gasteiger partial charge in [-0.05, 0) is 44.0 Å². The summed E-state index contributed by atoms with van der Waals surface area (Å²) in [7, 11) is 0. The maximum Gasteiger partial charge on any atom is 0.253 e. The number of halogens is 1. The van der Waals surface area contributed by atoms with Gasteiger partial charge in [0, 0.05) is 24.3 Å². The largest absolute Gasteiger partial charge is 0.398 e. The minimum Gasteiger partial charge on any atom is -0.398 e. The molecule has 3 N–H and O–H groups in total. The summed E-state index contributed by atoms with van der Waals surface area (Å²) in [5, 5.41) is 3.07. The lowest BCUT2D eigenvalue weighted by Crippen LogP contribution is -2.46. The van der Waals surface area contributed by atoms with Crippen molar-refractivity contribution in [3.63, 3.8) is 0 Å². The number of piperidine rings is 1. The molecule has 3 rings (SSSR count). The van der Waals surface area contributed by atoms with Gasteiger partial charge in [0.25, 0.3) is 5.91 Å². The van der Waals surface area contributed by atoms with Crippen molar-refractivity contribution in [2.75, 3.05) is 18.8 Å². The van der Waals surface area contributed by atoms with E-state index in [-0.39, 0.29) is 17.6 Å². The van der Waals surface area contributed by atoms with Crippen molar-refractivity contribution < 1.29 is 9.18 Å². The Morgan fingerprint density at radius 1 is 1.30 bits per heavy atom. The van der Waals surface area contributed by atoms with Crippen molar-refractivity contribution in [2.45, 2.75) is 37.8 Å². The van der Waals surface area contributed by atoms with Gasteiger partial charge in [0.05, 0.1) is 5.56 Å². The minimum atomic E-state index is -0.418.